The van der Waals surface area contributed by atoms with Crippen LogP contribution in [0, 0.1) is 5.82 Å². The maximum atomic E-state index is 13.6. The van der Waals surface area contributed by atoms with Gasteiger partial charge in [-0.05, 0) is 24.3 Å². The third-order valence-electron chi connectivity index (χ3n) is 2.49. The molecule has 0 amide bonds. The molecule has 1 N–H and O–H groups in total. The smallest absolute Gasteiger partial charge is 0.129 e. The molecular formula is C13H8Cl4FN. The fourth-order valence-corrected chi connectivity index (χ4v) is 2.29. The molecule has 0 aliphatic rings. The summed E-state index contributed by atoms with van der Waals surface area (Å²) in [6.07, 6.45) is 0. The van der Waals surface area contributed by atoms with Crippen LogP contribution in [0.15, 0.2) is 30.3 Å². The predicted octanol–water partition coefficient (Wildman–Crippen LogP) is 6.05. The summed E-state index contributed by atoms with van der Waals surface area (Å²) >= 11 is 23.4. The van der Waals surface area contributed by atoms with E-state index in [2.05, 4.69) is 5.32 Å². The highest BCUT2D eigenvalue weighted by molar-refractivity contribution is 6.44. The van der Waals surface area contributed by atoms with Crippen molar-refractivity contribution in [3.05, 3.63) is 61.8 Å². The van der Waals surface area contributed by atoms with Gasteiger partial charge in [0.15, 0.2) is 0 Å². The van der Waals surface area contributed by atoms with E-state index in [1.807, 2.05) is 0 Å². The zero-order valence-electron chi connectivity index (χ0n) is 9.48. The Kier molecular flexibility index (Phi) is 4.80. The van der Waals surface area contributed by atoms with Gasteiger partial charge in [0, 0.05) is 17.1 Å². The average molecular weight is 339 g/mol. The largest absolute Gasteiger partial charge is 0.380 e. The number of hydrogen-bond donors (Lipinski definition) is 1. The average Bonchev–Trinajstić information content (AvgIpc) is 2.34. The van der Waals surface area contributed by atoms with Crippen molar-refractivity contribution in [2.45, 2.75) is 6.54 Å². The van der Waals surface area contributed by atoms with Gasteiger partial charge >= 0.3 is 0 Å². The Morgan fingerprint density at radius 3 is 2.26 bits per heavy atom. The zero-order chi connectivity index (χ0) is 14.0. The van der Waals surface area contributed by atoms with Crippen LogP contribution in [-0.2, 0) is 6.54 Å². The molecule has 0 unspecified atom stereocenters. The van der Waals surface area contributed by atoms with Gasteiger partial charge in [0.2, 0.25) is 0 Å². The van der Waals surface area contributed by atoms with E-state index in [0.717, 1.165) is 0 Å². The van der Waals surface area contributed by atoms with E-state index >= 15 is 0 Å². The number of benzene rings is 2. The summed E-state index contributed by atoms with van der Waals surface area (Å²) in [7, 11) is 0. The molecule has 0 aliphatic carbocycles. The Labute approximate surface area is 130 Å². The molecule has 6 heteroatoms. The molecule has 1 nitrogen and oxygen atoms in total. The van der Waals surface area contributed by atoms with E-state index in [1.165, 1.54) is 12.1 Å². The van der Waals surface area contributed by atoms with E-state index in [9.17, 15) is 4.39 Å². The van der Waals surface area contributed by atoms with Gasteiger partial charge in [-0.2, -0.15) is 0 Å². The minimum Gasteiger partial charge on any atom is -0.380 e. The monoisotopic (exact) mass is 337 g/mol. The topological polar surface area (TPSA) is 12.0 Å². The Hall–Kier alpha value is -0.670. The summed E-state index contributed by atoms with van der Waals surface area (Å²) in [6.45, 7) is 0.265. The van der Waals surface area contributed by atoms with Gasteiger partial charge in [-0.3, -0.25) is 0 Å². The van der Waals surface area contributed by atoms with Gasteiger partial charge in [-0.25, -0.2) is 4.39 Å². The second-order valence-electron chi connectivity index (χ2n) is 3.84. The summed E-state index contributed by atoms with van der Waals surface area (Å²) in [6, 6.07) is 7.62. The molecule has 0 spiro atoms. The maximum Gasteiger partial charge on any atom is 0.129 e. The first kappa shape index (κ1) is 14.7. The van der Waals surface area contributed by atoms with Gasteiger partial charge in [0.25, 0.3) is 0 Å². The van der Waals surface area contributed by atoms with Crippen molar-refractivity contribution >= 4 is 52.1 Å². The summed E-state index contributed by atoms with van der Waals surface area (Å²) in [5.74, 6) is -0.379. The first-order valence-electron chi connectivity index (χ1n) is 5.29. The zero-order valence-corrected chi connectivity index (χ0v) is 12.5. The number of hydrogen-bond acceptors (Lipinski definition) is 1. The summed E-state index contributed by atoms with van der Waals surface area (Å²) in [5.41, 5.74) is 1.07. The molecule has 2 aromatic rings. The third-order valence-corrected chi connectivity index (χ3v) is 3.76. The molecule has 2 rings (SSSR count). The number of anilines is 1. The molecule has 19 heavy (non-hydrogen) atoms. The minimum atomic E-state index is -0.379. The van der Waals surface area contributed by atoms with Crippen molar-refractivity contribution in [3.8, 4) is 0 Å². The lowest BCUT2D eigenvalue weighted by Crippen LogP contribution is -2.02. The van der Waals surface area contributed by atoms with E-state index in [4.69, 9.17) is 46.4 Å². The third kappa shape index (κ3) is 3.67. The first-order chi connectivity index (χ1) is 8.97. The fourth-order valence-electron chi connectivity index (χ4n) is 1.51. The van der Waals surface area contributed by atoms with Gasteiger partial charge < -0.3 is 5.32 Å². The molecule has 0 radical (unpaired) electrons. The Morgan fingerprint density at radius 2 is 1.58 bits per heavy atom. The lowest BCUT2D eigenvalue weighted by Gasteiger charge is -2.10. The van der Waals surface area contributed by atoms with Gasteiger partial charge in [-0.15, -0.1) is 0 Å². The molecule has 0 heterocycles. The van der Waals surface area contributed by atoms with Crippen LogP contribution in [0.25, 0.3) is 0 Å². The maximum absolute atomic E-state index is 13.6. The number of halogens is 5. The highest BCUT2D eigenvalue weighted by Crippen LogP contribution is 2.32. The molecule has 0 fully saturated rings. The van der Waals surface area contributed by atoms with Gasteiger partial charge in [0.05, 0.1) is 20.8 Å². The molecule has 0 aromatic heterocycles. The van der Waals surface area contributed by atoms with Crippen molar-refractivity contribution in [1.82, 2.24) is 0 Å². The summed E-state index contributed by atoms with van der Waals surface area (Å²) in [4.78, 5) is 0. The summed E-state index contributed by atoms with van der Waals surface area (Å²) < 4.78 is 13.6. The van der Waals surface area contributed by atoms with Crippen LogP contribution in [-0.4, -0.2) is 0 Å². The number of rotatable bonds is 3. The SMILES string of the molecule is Fc1cc(Cl)ccc1CNc1cc(Cl)c(Cl)cc1Cl. The van der Waals surface area contributed by atoms with Crippen LogP contribution < -0.4 is 5.32 Å². The van der Waals surface area contributed by atoms with E-state index in [0.29, 0.717) is 31.3 Å². The molecular weight excluding hydrogens is 331 g/mol. The quantitative estimate of drug-likeness (QED) is 0.671. The molecule has 100 valence electrons. The van der Waals surface area contributed by atoms with Crippen molar-refractivity contribution < 1.29 is 4.39 Å². The highest BCUT2D eigenvalue weighted by Gasteiger charge is 2.07. The van der Waals surface area contributed by atoms with Crippen LogP contribution in [0.5, 0.6) is 0 Å². The predicted molar refractivity (Wildman–Crippen MR) is 80.2 cm³/mol. The van der Waals surface area contributed by atoms with Crippen molar-refractivity contribution in [1.29, 1.82) is 0 Å². The van der Waals surface area contributed by atoms with Gasteiger partial charge in [0.1, 0.15) is 5.82 Å². The molecule has 0 aliphatic heterocycles. The summed E-state index contributed by atoms with van der Waals surface area (Å²) in [5, 5.41) is 4.53. The second-order valence-corrected chi connectivity index (χ2v) is 5.49. The van der Waals surface area contributed by atoms with Crippen LogP contribution in [0.2, 0.25) is 20.1 Å². The molecule has 2 aromatic carbocycles. The Balaban J connectivity index is 2.16. The van der Waals surface area contributed by atoms with Crippen LogP contribution in [0.1, 0.15) is 5.56 Å². The highest BCUT2D eigenvalue weighted by atomic mass is 35.5. The second kappa shape index (κ2) is 6.19. The molecule has 0 bridgehead atoms. The van der Waals surface area contributed by atoms with Crippen molar-refractivity contribution in [2.75, 3.05) is 5.32 Å². The lowest BCUT2D eigenvalue weighted by atomic mass is 10.2. The van der Waals surface area contributed by atoms with Crippen LogP contribution in [0.4, 0.5) is 10.1 Å². The normalized spacial score (nSPS) is 10.6. The van der Waals surface area contributed by atoms with E-state index in [1.54, 1.807) is 18.2 Å². The first-order valence-corrected chi connectivity index (χ1v) is 6.81. The molecule has 0 saturated heterocycles. The van der Waals surface area contributed by atoms with E-state index < -0.39 is 0 Å². The fraction of sp³-hybridized carbons (Fsp3) is 0.0769. The standard InChI is InChI=1S/C13H8Cl4FN/c14-8-2-1-7(12(18)3-8)6-19-13-5-10(16)9(15)4-11(13)17/h1-5,19H,6H2. The Morgan fingerprint density at radius 1 is 0.895 bits per heavy atom. The molecule has 0 atom stereocenters. The van der Waals surface area contributed by atoms with Crippen LogP contribution >= 0.6 is 46.4 Å². The van der Waals surface area contributed by atoms with E-state index in [-0.39, 0.29) is 12.4 Å². The van der Waals surface area contributed by atoms with Crippen molar-refractivity contribution in [3.63, 3.8) is 0 Å². The van der Waals surface area contributed by atoms with Gasteiger partial charge in [-0.1, -0.05) is 52.5 Å². The van der Waals surface area contributed by atoms with Crippen molar-refractivity contribution in [2.24, 2.45) is 0 Å². The number of nitrogens with one attached hydrogen (secondary N) is 1. The lowest BCUT2D eigenvalue weighted by molar-refractivity contribution is 0.613. The minimum absolute atomic E-state index is 0.265. The Bertz CT molecular complexity index is 616. The van der Waals surface area contributed by atoms with Crippen LogP contribution in [0.3, 0.4) is 0 Å². The molecule has 0 saturated carbocycles.